The van der Waals surface area contributed by atoms with Gasteiger partial charge < -0.3 is 14.2 Å². The predicted molar refractivity (Wildman–Crippen MR) is 129 cm³/mol. The summed E-state index contributed by atoms with van der Waals surface area (Å²) >= 11 is 0. The Morgan fingerprint density at radius 3 is 2.03 bits per heavy atom. The average molecular weight is 456 g/mol. The fraction of sp³-hybridized carbons (Fsp3) is 0.111. The third-order valence-electron chi connectivity index (χ3n) is 4.90. The first kappa shape index (κ1) is 22.7. The van der Waals surface area contributed by atoms with Gasteiger partial charge in [-0.2, -0.15) is 0 Å². The molecular formula is C27H24N2O5. The van der Waals surface area contributed by atoms with Gasteiger partial charge in [0.15, 0.2) is 6.61 Å². The molecule has 34 heavy (non-hydrogen) atoms. The summed E-state index contributed by atoms with van der Waals surface area (Å²) in [6.45, 7) is 0.540. The van der Waals surface area contributed by atoms with Crippen LogP contribution >= 0.6 is 0 Å². The normalized spacial score (nSPS) is 10.4. The zero-order valence-electron chi connectivity index (χ0n) is 18.4. The number of hydrogen-bond donors (Lipinski definition) is 2. The SMILES string of the molecule is O=C(COc1cccc2ccccc12)NNC(=O)c1ccc(OCCOc2ccccc2)cc1. The van der Waals surface area contributed by atoms with Crippen LogP contribution in [0.5, 0.6) is 17.2 Å². The second kappa shape index (κ2) is 11.4. The Morgan fingerprint density at radius 2 is 1.26 bits per heavy atom. The molecule has 0 heterocycles. The molecule has 0 radical (unpaired) electrons. The van der Waals surface area contributed by atoms with E-state index in [0.29, 0.717) is 30.3 Å². The lowest BCUT2D eigenvalue weighted by Crippen LogP contribution is -2.43. The van der Waals surface area contributed by atoms with Crippen LogP contribution in [0.25, 0.3) is 10.8 Å². The number of hydrogen-bond acceptors (Lipinski definition) is 5. The second-order valence-electron chi connectivity index (χ2n) is 7.30. The van der Waals surface area contributed by atoms with E-state index in [0.717, 1.165) is 16.5 Å². The van der Waals surface area contributed by atoms with Crippen LogP contribution < -0.4 is 25.1 Å². The molecule has 7 heteroatoms. The number of nitrogens with one attached hydrogen (secondary N) is 2. The summed E-state index contributed by atoms with van der Waals surface area (Å²) in [4.78, 5) is 24.4. The average Bonchev–Trinajstić information content (AvgIpc) is 2.89. The molecular weight excluding hydrogens is 432 g/mol. The Kier molecular flexibility index (Phi) is 7.58. The van der Waals surface area contributed by atoms with Gasteiger partial charge >= 0.3 is 0 Å². The van der Waals surface area contributed by atoms with Crippen molar-refractivity contribution in [1.82, 2.24) is 10.9 Å². The van der Waals surface area contributed by atoms with Crippen molar-refractivity contribution >= 4 is 22.6 Å². The van der Waals surface area contributed by atoms with Crippen LogP contribution in [0.2, 0.25) is 0 Å². The molecule has 0 aliphatic heterocycles. The molecule has 2 N–H and O–H groups in total. The van der Waals surface area contributed by atoms with Crippen LogP contribution in [-0.2, 0) is 4.79 Å². The minimum Gasteiger partial charge on any atom is -0.490 e. The molecule has 4 rings (SSSR count). The van der Waals surface area contributed by atoms with Gasteiger partial charge in [-0.3, -0.25) is 20.4 Å². The quantitative estimate of drug-likeness (QED) is 0.292. The Morgan fingerprint density at radius 1 is 0.618 bits per heavy atom. The summed E-state index contributed by atoms with van der Waals surface area (Å²) in [7, 11) is 0. The Labute approximate surface area is 197 Å². The van der Waals surface area contributed by atoms with Crippen LogP contribution in [0.1, 0.15) is 10.4 Å². The monoisotopic (exact) mass is 456 g/mol. The number of rotatable bonds is 9. The molecule has 0 spiro atoms. The van der Waals surface area contributed by atoms with E-state index >= 15 is 0 Å². The maximum absolute atomic E-state index is 12.3. The lowest BCUT2D eigenvalue weighted by Gasteiger charge is -2.11. The Hall–Kier alpha value is -4.52. The van der Waals surface area contributed by atoms with E-state index in [9.17, 15) is 9.59 Å². The van der Waals surface area contributed by atoms with Crippen LogP contribution in [0.4, 0.5) is 0 Å². The van der Waals surface area contributed by atoms with Crippen LogP contribution in [-0.4, -0.2) is 31.6 Å². The lowest BCUT2D eigenvalue weighted by atomic mass is 10.1. The summed E-state index contributed by atoms with van der Waals surface area (Å²) in [6.07, 6.45) is 0. The summed E-state index contributed by atoms with van der Waals surface area (Å²) in [5.74, 6) is 1.07. The van der Waals surface area contributed by atoms with Crippen molar-refractivity contribution in [3.63, 3.8) is 0 Å². The second-order valence-corrected chi connectivity index (χ2v) is 7.30. The molecule has 0 unspecified atom stereocenters. The Bertz CT molecular complexity index is 1240. The van der Waals surface area contributed by atoms with Gasteiger partial charge in [0.2, 0.25) is 0 Å². The van der Waals surface area contributed by atoms with Crippen molar-refractivity contribution in [2.75, 3.05) is 19.8 Å². The number of ether oxygens (including phenoxy) is 3. The number of para-hydroxylation sites is 1. The highest BCUT2D eigenvalue weighted by molar-refractivity contribution is 5.95. The molecule has 0 aliphatic rings. The molecule has 0 atom stereocenters. The van der Waals surface area contributed by atoms with E-state index in [2.05, 4.69) is 10.9 Å². The first-order valence-corrected chi connectivity index (χ1v) is 10.8. The van der Waals surface area contributed by atoms with Crippen LogP contribution in [0.3, 0.4) is 0 Å². The largest absolute Gasteiger partial charge is 0.490 e. The maximum atomic E-state index is 12.3. The van der Waals surface area contributed by atoms with Crippen molar-refractivity contribution in [2.24, 2.45) is 0 Å². The minimum absolute atomic E-state index is 0.230. The van der Waals surface area contributed by atoms with Crippen molar-refractivity contribution in [3.05, 3.63) is 103 Å². The molecule has 7 nitrogen and oxygen atoms in total. The van der Waals surface area contributed by atoms with Gasteiger partial charge in [0.25, 0.3) is 11.8 Å². The third-order valence-corrected chi connectivity index (χ3v) is 4.90. The van der Waals surface area contributed by atoms with E-state index in [1.807, 2.05) is 66.7 Å². The molecule has 4 aromatic rings. The van der Waals surface area contributed by atoms with Gasteiger partial charge in [-0.15, -0.1) is 0 Å². The van der Waals surface area contributed by atoms with Crippen molar-refractivity contribution in [1.29, 1.82) is 0 Å². The van der Waals surface area contributed by atoms with Crippen molar-refractivity contribution in [3.8, 4) is 17.2 Å². The van der Waals surface area contributed by atoms with E-state index in [1.165, 1.54) is 0 Å². The molecule has 0 bridgehead atoms. The summed E-state index contributed by atoms with van der Waals surface area (Å²) in [6, 6.07) is 29.4. The van der Waals surface area contributed by atoms with E-state index in [-0.39, 0.29) is 6.61 Å². The number of fused-ring (bicyclic) bond motifs is 1. The van der Waals surface area contributed by atoms with Gasteiger partial charge in [0, 0.05) is 10.9 Å². The van der Waals surface area contributed by atoms with Gasteiger partial charge in [0.1, 0.15) is 30.5 Å². The minimum atomic E-state index is -0.473. The molecule has 172 valence electrons. The Balaban J connectivity index is 1.18. The van der Waals surface area contributed by atoms with Crippen LogP contribution in [0, 0.1) is 0 Å². The molecule has 0 saturated heterocycles. The maximum Gasteiger partial charge on any atom is 0.276 e. The number of carbonyl (C=O) groups is 2. The highest BCUT2D eigenvalue weighted by Gasteiger charge is 2.09. The third kappa shape index (κ3) is 6.26. The fourth-order valence-electron chi connectivity index (χ4n) is 3.24. The predicted octanol–water partition coefficient (Wildman–Crippen LogP) is 4.14. The summed E-state index contributed by atoms with van der Waals surface area (Å²) in [5, 5.41) is 1.93. The van der Waals surface area contributed by atoms with E-state index in [1.54, 1.807) is 30.3 Å². The molecule has 2 amide bonds. The fourth-order valence-corrected chi connectivity index (χ4v) is 3.24. The molecule has 0 aliphatic carbocycles. The smallest absolute Gasteiger partial charge is 0.276 e. The zero-order chi connectivity index (χ0) is 23.6. The molecule has 0 aromatic heterocycles. The zero-order valence-corrected chi connectivity index (χ0v) is 18.4. The number of amides is 2. The highest BCUT2D eigenvalue weighted by atomic mass is 16.5. The molecule has 0 saturated carbocycles. The first-order valence-electron chi connectivity index (χ1n) is 10.8. The summed E-state index contributed by atoms with van der Waals surface area (Å²) in [5.41, 5.74) is 5.12. The van der Waals surface area contributed by atoms with Crippen molar-refractivity contribution in [2.45, 2.75) is 0 Å². The van der Waals surface area contributed by atoms with E-state index < -0.39 is 11.8 Å². The highest BCUT2D eigenvalue weighted by Crippen LogP contribution is 2.24. The number of benzene rings is 4. The van der Waals surface area contributed by atoms with Gasteiger partial charge in [-0.25, -0.2) is 0 Å². The summed E-state index contributed by atoms with van der Waals surface area (Å²) < 4.78 is 16.8. The van der Waals surface area contributed by atoms with Crippen molar-refractivity contribution < 1.29 is 23.8 Å². The standard InChI is InChI=1S/C27H24N2O5/c30-26(19-34-25-12-6-8-20-7-4-5-11-24(20)25)28-29-27(31)21-13-15-23(16-14-21)33-18-17-32-22-9-2-1-3-10-22/h1-16H,17-19H2,(H,28,30)(H,29,31). The number of hydrazine groups is 1. The van der Waals surface area contributed by atoms with Gasteiger partial charge in [0.05, 0.1) is 0 Å². The first-order chi connectivity index (χ1) is 16.7. The number of carbonyl (C=O) groups excluding carboxylic acids is 2. The van der Waals surface area contributed by atoms with Gasteiger partial charge in [-0.1, -0.05) is 54.6 Å². The molecule has 0 fully saturated rings. The molecule has 4 aromatic carbocycles. The van der Waals surface area contributed by atoms with Crippen LogP contribution in [0.15, 0.2) is 97.1 Å². The lowest BCUT2D eigenvalue weighted by molar-refractivity contribution is -0.123. The van der Waals surface area contributed by atoms with Gasteiger partial charge in [-0.05, 0) is 47.9 Å². The topological polar surface area (TPSA) is 85.9 Å². The van der Waals surface area contributed by atoms with E-state index in [4.69, 9.17) is 14.2 Å².